The van der Waals surface area contributed by atoms with Crippen LogP contribution in [0.25, 0.3) is 22.5 Å². The average Bonchev–Trinajstić information content (AvgIpc) is 3.22. The Morgan fingerprint density at radius 1 is 1.11 bits per heavy atom. The van der Waals surface area contributed by atoms with Gasteiger partial charge < -0.3 is 8.98 Å². The van der Waals surface area contributed by atoms with E-state index in [-0.39, 0.29) is 12.4 Å². The maximum Gasteiger partial charge on any atom is 0.264 e. The molecule has 138 valence electrons. The summed E-state index contributed by atoms with van der Waals surface area (Å²) >= 11 is 6.25. The number of halogens is 2. The van der Waals surface area contributed by atoms with Crippen LogP contribution in [0.3, 0.4) is 0 Å². The summed E-state index contributed by atoms with van der Waals surface area (Å²) in [6, 6.07) is 14.6. The molecule has 0 amide bonds. The third-order valence-corrected chi connectivity index (χ3v) is 4.81. The van der Waals surface area contributed by atoms with Crippen molar-refractivity contribution in [3.05, 3.63) is 70.8 Å². The second-order valence-corrected chi connectivity index (χ2v) is 7.38. The number of rotatable bonds is 5. The number of nitrogens with zero attached hydrogens (tertiary/aromatic N) is 3. The first kappa shape index (κ1) is 17.7. The molecule has 0 spiro atoms. The fraction of sp³-hybridized carbons (Fsp3) is 0.238. The lowest BCUT2D eigenvalue weighted by Crippen LogP contribution is -2.04. The zero-order valence-electron chi connectivity index (χ0n) is 15.1. The molecule has 0 N–H and O–H groups in total. The van der Waals surface area contributed by atoms with Crippen molar-refractivity contribution in [2.75, 3.05) is 0 Å². The van der Waals surface area contributed by atoms with Crippen LogP contribution in [-0.4, -0.2) is 14.8 Å². The average molecular weight is 384 g/mol. The minimum Gasteiger partial charge on any atom is -0.419 e. The summed E-state index contributed by atoms with van der Waals surface area (Å²) < 4.78 is 22.2. The van der Waals surface area contributed by atoms with Gasteiger partial charge in [0.25, 0.3) is 5.89 Å². The lowest BCUT2D eigenvalue weighted by molar-refractivity contribution is 0.464. The van der Waals surface area contributed by atoms with Crippen LogP contribution in [-0.2, 0) is 13.0 Å². The molecule has 0 radical (unpaired) electrons. The first-order valence-electron chi connectivity index (χ1n) is 8.87. The van der Waals surface area contributed by atoms with Crippen LogP contribution >= 0.6 is 11.6 Å². The highest BCUT2D eigenvalue weighted by atomic mass is 35.5. The van der Waals surface area contributed by atoms with Crippen molar-refractivity contribution in [3.63, 3.8) is 0 Å². The number of aromatic nitrogens is 3. The molecule has 4 nitrogen and oxygen atoms in total. The van der Waals surface area contributed by atoms with Crippen molar-refractivity contribution in [2.24, 2.45) is 5.92 Å². The van der Waals surface area contributed by atoms with Crippen molar-refractivity contribution in [3.8, 4) is 11.6 Å². The van der Waals surface area contributed by atoms with E-state index in [1.807, 2.05) is 34.9 Å². The Balaban J connectivity index is 1.84. The molecule has 0 bridgehead atoms. The van der Waals surface area contributed by atoms with Gasteiger partial charge in [0.1, 0.15) is 11.5 Å². The summed E-state index contributed by atoms with van der Waals surface area (Å²) in [4.78, 5) is 0. The molecule has 2 heterocycles. The maximum atomic E-state index is 14.4. The number of hydrogen-bond acceptors (Lipinski definition) is 3. The van der Waals surface area contributed by atoms with E-state index in [0.29, 0.717) is 34.7 Å². The van der Waals surface area contributed by atoms with E-state index < -0.39 is 0 Å². The van der Waals surface area contributed by atoms with Gasteiger partial charge in [0.15, 0.2) is 0 Å². The number of fused-ring (bicyclic) bond motifs is 1. The van der Waals surface area contributed by atoms with Crippen molar-refractivity contribution in [1.29, 1.82) is 0 Å². The molecule has 6 heteroatoms. The van der Waals surface area contributed by atoms with Gasteiger partial charge in [0, 0.05) is 27.9 Å². The molecule has 2 aromatic heterocycles. The van der Waals surface area contributed by atoms with Gasteiger partial charge >= 0.3 is 0 Å². The molecule has 4 aromatic rings. The molecule has 0 saturated carbocycles. The van der Waals surface area contributed by atoms with E-state index in [0.717, 1.165) is 16.6 Å². The van der Waals surface area contributed by atoms with Gasteiger partial charge in [0.05, 0.1) is 6.54 Å². The Morgan fingerprint density at radius 2 is 1.93 bits per heavy atom. The van der Waals surface area contributed by atoms with Crippen molar-refractivity contribution in [2.45, 2.75) is 26.8 Å². The predicted octanol–water partition coefficient (Wildman–Crippen LogP) is 5.73. The van der Waals surface area contributed by atoms with Crippen LogP contribution in [0.1, 0.15) is 25.3 Å². The third-order valence-electron chi connectivity index (χ3n) is 4.46. The third kappa shape index (κ3) is 3.47. The van der Waals surface area contributed by atoms with Crippen molar-refractivity contribution < 1.29 is 8.81 Å². The largest absolute Gasteiger partial charge is 0.419 e. The van der Waals surface area contributed by atoms with Crippen molar-refractivity contribution >= 4 is 22.5 Å². The summed E-state index contributed by atoms with van der Waals surface area (Å²) in [5, 5.41) is 9.78. The summed E-state index contributed by atoms with van der Waals surface area (Å²) in [7, 11) is 0. The number of para-hydroxylation sites is 1. The molecule has 0 fully saturated rings. The second kappa shape index (κ2) is 7.16. The molecule has 4 rings (SSSR count). The van der Waals surface area contributed by atoms with Crippen LogP contribution in [0, 0.1) is 11.7 Å². The first-order chi connectivity index (χ1) is 13.0. The van der Waals surface area contributed by atoms with E-state index >= 15 is 0 Å². The summed E-state index contributed by atoms with van der Waals surface area (Å²) in [6.07, 6.45) is 0.715. The normalized spacial score (nSPS) is 11.6. The molecule has 2 aromatic carbocycles. The molecular formula is C21H19ClFN3O. The Morgan fingerprint density at radius 3 is 2.70 bits per heavy atom. The maximum absolute atomic E-state index is 14.4. The summed E-state index contributed by atoms with van der Waals surface area (Å²) in [5.41, 5.74) is 2.14. The van der Waals surface area contributed by atoms with Crippen LogP contribution in [0.2, 0.25) is 5.02 Å². The van der Waals surface area contributed by atoms with Gasteiger partial charge in [-0.05, 0) is 30.2 Å². The topological polar surface area (TPSA) is 43.9 Å². The van der Waals surface area contributed by atoms with E-state index in [1.54, 1.807) is 12.1 Å². The highest BCUT2D eigenvalue weighted by Gasteiger charge is 2.19. The molecule has 0 unspecified atom stereocenters. The highest BCUT2D eigenvalue weighted by molar-refractivity contribution is 6.31. The van der Waals surface area contributed by atoms with Gasteiger partial charge in [-0.25, -0.2) is 4.39 Å². The minimum atomic E-state index is -0.336. The van der Waals surface area contributed by atoms with Crippen LogP contribution in [0.5, 0.6) is 0 Å². The van der Waals surface area contributed by atoms with Gasteiger partial charge in [-0.15, -0.1) is 10.2 Å². The molecule has 27 heavy (non-hydrogen) atoms. The Hall–Kier alpha value is -2.66. The predicted molar refractivity (Wildman–Crippen MR) is 104 cm³/mol. The van der Waals surface area contributed by atoms with Crippen LogP contribution in [0.15, 0.2) is 52.9 Å². The summed E-state index contributed by atoms with van der Waals surface area (Å²) in [6.45, 7) is 4.47. The Bertz CT molecular complexity index is 1080. The van der Waals surface area contributed by atoms with E-state index in [2.05, 4.69) is 24.0 Å². The number of benzene rings is 2. The minimum absolute atomic E-state index is 0.274. The van der Waals surface area contributed by atoms with Gasteiger partial charge in [-0.2, -0.15) is 0 Å². The molecular weight excluding hydrogens is 365 g/mol. The number of hydrogen-bond donors (Lipinski definition) is 0. The van der Waals surface area contributed by atoms with Crippen LogP contribution < -0.4 is 0 Å². The Labute approximate surface area is 161 Å². The van der Waals surface area contributed by atoms with E-state index in [1.165, 1.54) is 6.07 Å². The smallest absolute Gasteiger partial charge is 0.264 e. The molecule has 0 aliphatic rings. The lowest BCUT2D eigenvalue weighted by Gasteiger charge is -2.11. The zero-order valence-corrected chi connectivity index (χ0v) is 15.9. The second-order valence-electron chi connectivity index (χ2n) is 6.97. The van der Waals surface area contributed by atoms with Gasteiger partial charge in [0.2, 0.25) is 5.89 Å². The lowest BCUT2D eigenvalue weighted by atomic mass is 10.1. The van der Waals surface area contributed by atoms with E-state index in [4.69, 9.17) is 16.0 Å². The fourth-order valence-corrected chi connectivity index (χ4v) is 3.41. The van der Waals surface area contributed by atoms with Gasteiger partial charge in [-0.3, -0.25) is 0 Å². The van der Waals surface area contributed by atoms with Gasteiger partial charge in [-0.1, -0.05) is 49.7 Å². The quantitative estimate of drug-likeness (QED) is 0.442. The molecule has 0 aliphatic heterocycles. The Kier molecular flexibility index (Phi) is 4.70. The van der Waals surface area contributed by atoms with Crippen LogP contribution in [0.4, 0.5) is 4.39 Å². The fourth-order valence-electron chi connectivity index (χ4n) is 3.19. The highest BCUT2D eigenvalue weighted by Crippen LogP contribution is 2.30. The summed E-state index contributed by atoms with van der Waals surface area (Å²) in [5.74, 6) is 1.11. The van der Waals surface area contributed by atoms with Crippen molar-refractivity contribution in [1.82, 2.24) is 14.8 Å². The first-order valence-corrected chi connectivity index (χ1v) is 9.24. The molecule has 0 atom stereocenters. The monoisotopic (exact) mass is 383 g/mol. The standard InChI is InChI=1S/C21H19ClFN3O/c1-13(2)10-20-24-25-21(27-20)19-11-14-6-3-4-9-18(14)26(19)12-15-16(22)7-5-8-17(15)23/h3-9,11,13H,10,12H2,1-2H3. The molecule has 0 saturated heterocycles. The van der Waals surface area contributed by atoms with E-state index in [9.17, 15) is 4.39 Å². The zero-order chi connectivity index (χ0) is 19.0. The SMILES string of the molecule is CC(C)Cc1nnc(-c2cc3ccccc3n2Cc2c(F)cccc2Cl)o1. The molecule has 0 aliphatic carbocycles.